The fraction of sp³-hybridized carbons (Fsp3) is 1.00. The van der Waals surface area contributed by atoms with Gasteiger partial charge in [0.05, 0.1) is 6.61 Å². The molecule has 1 saturated heterocycles. The van der Waals surface area contributed by atoms with Gasteiger partial charge in [0.2, 0.25) is 0 Å². The monoisotopic (exact) mass is 116 g/mol. The van der Waals surface area contributed by atoms with Crippen LogP contribution >= 0.6 is 0 Å². The predicted molar refractivity (Wildman–Crippen MR) is 30.9 cm³/mol. The molecule has 0 bridgehead atoms. The van der Waals surface area contributed by atoms with E-state index in [1.807, 2.05) is 13.8 Å². The Labute approximate surface area is 49.4 Å². The fourth-order valence-electron chi connectivity index (χ4n) is 0.809. The second kappa shape index (κ2) is 2.01. The lowest BCUT2D eigenvalue weighted by Gasteiger charge is -2.15. The van der Waals surface area contributed by atoms with Crippen molar-refractivity contribution >= 4 is 0 Å². The summed E-state index contributed by atoms with van der Waals surface area (Å²) in [5.74, 6) is 5.53. The molecule has 3 heteroatoms. The summed E-state index contributed by atoms with van der Waals surface area (Å²) in [4.78, 5) is 0. The van der Waals surface area contributed by atoms with Crippen LogP contribution in [0.1, 0.15) is 13.8 Å². The molecule has 2 atom stereocenters. The first-order valence-corrected chi connectivity index (χ1v) is 2.86. The van der Waals surface area contributed by atoms with E-state index in [1.54, 1.807) is 5.01 Å². The maximum atomic E-state index is 5.53. The van der Waals surface area contributed by atoms with Gasteiger partial charge in [0.25, 0.3) is 0 Å². The van der Waals surface area contributed by atoms with Crippen LogP contribution in [0, 0.1) is 0 Å². The highest BCUT2D eigenvalue weighted by atomic mass is 16.5. The smallest absolute Gasteiger partial charge is 0.120 e. The lowest BCUT2D eigenvalue weighted by atomic mass is 10.4. The maximum Gasteiger partial charge on any atom is 0.120 e. The van der Waals surface area contributed by atoms with E-state index in [1.165, 1.54) is 0 Å². The summed E-state index contributed by atoms with van der Waals surface area (Å²) in [5.41, 5.74) is 0. The van der Waals surface area contributed by atoms with Crippen LogP contribution < -0.4 is 5.84 Å². The molecule has 0 aromatic rings. The molecule has 0 radical (unpaired) electrons. The minimum atomic E-state index is 0.102. The van der Waals surface area contributed by atoms with Gasteiger partial charge in [0.15, 0.2) is 0 Å². The zero-order chi connectivity index (χ0) is 6.15. The van der Waals surface area contributed by atoms with Gasteiger partial charge in [-0.2, -0.15) is 0 Å². The predicted octanol–water partition coefficient (Wildman–Crippen LogP) is -0.0732. The molecule has 0 spiro atoms. The van der Waals surface area contributed by atoms with E-state index in [0.29, 0.717) is 6.04 Å². The van der Waals surface area contributed by atoms with Crippen LogP contribution in [0.15, 0.2) is 0 Å². The summed E-state index contributed by atoms with van der Waals surface area (Å²) in [5, 5.41) is 1.72. The van der Waals surface area contributed by atoms with Gasteiger partial charge in [-0.25, -0.2) is 5.01 Å². The third-order valence-corrected chi connectivity index (χ3v) is 1.51. The minimum Gasteiger partial charge on any atom is -0.361 e. The van der Waals surface area contributed by atoms with Gasteiger partial charge >= 0.3 is 0 Å². The van der Waals surface area contributed by atoms with Crippen molar-refractivity contribution in [2.45, 2.75) is 26.1 Å². The average molecular weight is 116 g/mol. The van der Waals surface area contributed by atoms with Crippen LogP contribution in [0.4, 0.5) is 0 Å². The first-order chi connectivity index (χ1) is 3.72. The summed E-state index contributed by atoms with van der Waals surface area (Å²) in [6, 6.07) is 0.380. The molecule has 2 N–H and O–H groups in total. The second-order valence-corrected chi connectivity index (χ2v) is 2.23. The largest absolute Gasteiger partial charge is 0.361 e. The van der Waals surface area contributed by atoms with E-state index < -0.39 is 0 Å². The maximum absolute atomic E-state index is 5.53. The molecule has 1 aliphatic rings. The summed E-state index contributed by atoms with van der Waals surface area (Å²) >= 11 is 0. The third kappa shape index (κ3) is 0.844. The van der Waals surface area contributed by atoms with E-state index in [-0.39, 0.29) is 6.23 Å². The Balaban J connectivity index is 2.44. The SMILES string of the molecule is CC1OC[C@H](C)N1N. The van der Waals surface area contributed by atoms with Gasteiger partial charge in [-0.3, -0.25) is 5.84 Å². The summed E-state index contributed by atoms with van der Waals surface area (Å²) in [6.45, 7) is 4.75. The van der Waals surface area contributed by atoms with Crippen LogP contribution in [0.25, 0.3) is 0 Å². The summed E-state index contributed by atoms with van der Waals surface area (Å²) in [7, 11) is 0. The Kier molecular flexibility index (Phi) is 1.51. The molecule has 48 valence electrons. The normalized spacial score (nSPS) is 40.9. The highest BCUT2D eigenvalue weighted by Gasteiger charge is 2.24. The molecule has 1 rings (SSSR count). The van der Waals surface area contributed by atoms with Crippen molar-refractivity contribution in [1.29, 1.82) is 0 Å². The molecule has 0 aliphatic carbocycles. The molecule has 8 heavy (non-hydrogen) atoms. The van der Waals surface area contributed by atoms with Crippen molar-refractivity contribution in [2.24, 2.45) is 5.84 Å². The van der Waals surface area contributed by atoms with Crippen LogP contribution in [-0.2, 0) is 4.74 Å². The average Bonchev–Trinajstić information content (AvgIpc) is 1.98. The highest BCUT2D eigenvalue weighted by molar-refractivity contribution is 4.68. The first-order valence-electron chi connectivity index (χ1n) is 2.86. The van der Waals surface area contributed by atoms with Crippen molar-refractivity contribution in [2.75, 3.05) is 6.61 Å². The Morgan fingerprint density at radius 3 is 2.38 bits per heavy atom. The molecule has 0 amide bonds. The molecule has 0 aromatic carbocycles. The number of rotatable bonds is 0. The Bertz CT molecular complexity index is 76.5. The number of nitrogens with two attached hydrogens (primary N) is 1. The van der Waals surface area contributed by atoms with Gasteiger partial charge in [0, 0.05) is 6.04 Å². The van der Waals surface area contributed by atoms with Crippen molar-refractivity contribution in [3.63, 3.8) is 0 Å². The Morgan fingerprint density at radius 2 is 2.25 bits per heavy atom. The second-order valence-electron chi connectivity index (χ2n) is 2.23. The van der Waals surface area contributed by atoms with Crippen LogP contribution in [-0.4, -0.2) is 23.9 Å². The van der Waals surface area contributed by atoms with Crippen LogP contribution in [0.3, 0.4) is 0 Å². The van der Waals surface area contributed by atoms with Gasteiger partial charge < -0.3 is 4.74 Å². The third-order valence-electron chi connectivity index (χ3n) is 1.51. The van der Waals surface area contributed by atoms with Gasteiger partial charge in [-0.1, -0.05) is 0 Å². The number of nitrogens with zero attached hydrogens (tertiary/aromatic N) is 1. The molecule has 1 heterocycles. The molecule has 1 aliphatic heterocycles. The topological polar surface area (TPSA) is 38.5 Å². The lowest BCUT2D eigenvalue weighted by molar-refractivity contribution is 0.0469. The minimum absolute atomic E-state index is 0.102. The van der Waals surface area contributed by atoms with Gasteiger partial charge in [-0.15, -0.1) is 0 Å². The molecular formula is C5H12N2O. The molecular weight excluding hydrogens is 104 g/mol. The molecule has 0 saturated carbocycles. The number of hydrogen-bond acceptors (Lipinski definition) is 3. The van der Waals surface area contributed by atoms with Crippen molar-refractivity contribution < 1.29 is 4.74 Å². The van der Waals surface area contributed by atoms with Gasteiger partial charge in [-0.05, 0) is 13.8 Å². The van der Waals surface area contributed by atoms with Crippen molar-refractivity contribution in [3.8, 4) is 0 Å². The van der Waals surface area contributed by atoms with E-state index >= 15 is 0 Å². The van der Waals surface area contributed by atoms with E-state index in [0.717, 1.165) is 6.61 Å². The van der Waals surface area contributed by atoms with Gasteiger partial charge in [0.1, 0.15) is 6.23 Å². The van der Waals surface area contributed by atoms with E-state index in [2.05, 4.69) is 0 Å². The fourth-order valence-corrected chi connectivity index (χ4v) is 0.809. The van der Waals surface area contributed by atoms with E-state index in [9.17, 15) is 0 Å². The molecule has 3 nitrogen and oxygen atoms in total. The first kappa shape index (κ1) is 6.01. The molecule has 0 aromatic heterocycles. The number of ether oxygens (including phenoxy) is 1. The highest BCUT2D eigenvalue weighted by Crippen LogP contribution is 2.09. The quantitative estimate of drug-likeness (QED) is 0.450. The number of hydrazine groups is 1. The van der Waals surface area contributed by atoms with E-state index in [4.69, 9.17) is 10.6 Å². The zero-order valence-corrected chi connectivity index (χ0v) is 5.29. The number of hydrogen-bond donors (Lipinski definition) is 1. The van der Waals surface area contributed by atoms with Crippen molar-refractivity contribution in [3.05, 3.63) is 0 Å². The van der Waals surface area contributed by atoms with Crippen LogP contribution in [0.5, 0.6) is 0 Å². The zero-order valence-electron chi connectivity index (χ0n) is 5.29. The summed E-state index contributed by atoms with van der Waals surface area (Å²) in [6.07, 6.45) is 0.102. The molecule has 1 fully saturated rings. The van der Waals surface area contributed by atoms with Crippen molar-refractivity contribution in [1.82, 2.24) is 5.01 Å². The Morgan fingerprint density at radius 1 is 1.62 bits per heavy atom. The standard InChI is InChI=1S/C5H12N2O/c1-4-3-8-5(2)7(4)6/h4-5H,3,6H2,1-2H3/t4-,5?/m0/s1. The lowest BCUT2D eigenvalue weighted by Crippen LogP contribution is -2.39. The Hall–Kier alpha value is -0.120. The summed E-state index contributed by atoms with van der Waals surface area (Å²) < 4.78 is 5.18. The molecule has 1 unspecified atom stereocenters. The van der Waals surface area contributed by atoms with Crippen LogP contribution in [0.2, 0.25) is 0 Å².